The highest BCUT2D eigenvalue weighted by Crippen LogP contribution is 2.32. The van der Waals surface area contributed by atoms with Crippen molar-refractivity contribution in [1.82, 2.24) is 0 Å². The van der Waals surface area contributed by atoms with Crippen molar-refractivity contribution in [3.05, 3.63) is 64.3 Å². The standard InChI is InChI=1S/C16H11BrO4/c17-12-6-11-7-15(16(18)19)21-13(11)8-14(12)20-9-10-4-2-1-3-5-10/h1-8H,9H2,(H,18,19). The maximum atomic E-state index is 10.9. The predicted molar refractivity (Wildman–Crippen MR) is 81.6 cm³/mol. The molecule has 0 saturated carbocycles. The van der Waals surface area contributed by atoms with Gasteiger partial charge >= 0.3 is 5.97 Å². The molecular weight excluding hydrogens is 336 g/mol. The Morgan fingerprint density at radius 1 is 1.19 bits per heavy atom. The molecule has 0 atom stereocenters. The molecule has 3 rings (SSSR count). The first kappa shape index (κ1) is 13.7. The molecule has 0 radical (unpaired) electrons. The molecule has 0 amide bonds. The van der Waals surface area contributed by atoms with Gasteiger partial charge in [0.2, 0.25) is 5.76 Å². The lowest BCUT2D eigenvalue weighted by Gasteiger charge is -2.08. The maximum Gasteiger partial charge on any atom is 0.371 e. The Kier molecular flexibility index (Phi) is 3.66. The van der Waals surface area contributed by atoms with E-state index < -0.39 is 5.97 Å². The quantitative estimate of drug-likeness (QED) is 0.756. The number of ether oxygens (including phenoxy) is 1. The van der Waals surface area contributed by atoms with Crippen molar-refractivity contribution >= 4 is 32.9 Å². The van der Waals surface area contributed by atoms with Gasteiger partial charge < -0.3 is 14.3 Å². The highest BCUT2D eigenvalue weighted by Gasteiger charge is 2.13. The van der Waals surface area contributed by atoms with Crippen LogP contribution in [-0.4, -0.2) is 11.1 Å². The lowest BCUT2D eigenvalue weighted by molar-refractivity contribution is 0.0665. The van der Waals surface area contributed by atoms with Crippen LogP contribution in [0, 0.1) is 0 Å². The maximum absolute atomic E-state index is 10.9. The molecule has 0 saturated heterocycles. The van der Waals surface area contributed by atoms with Crippen LogP contribution in [0.15, 0.2) is 57.4 Å². The highest BCUT2D eigenvalue weighted by molar-refractivity contribution is 9.10. The zero-order valence-electron chi connectivity index (χ0n) is 10.9. The molecule has 3 aromatic rings. The van der Waals surface area contributed by atoms with E-state index in [2.05, 4.69) is 15.9 Å². The van der Waals surface area contributed by atoms with Crippen molar-refractivity contribution in [2.24, 2.45) is 0 Å². The van der Waals surface area contributed by atoms with Crippen molar-refractivity contribution < 1.29 is 19.1 Å². The Morgan fingerprint density at radius 2 is 1.95 bits per heavy atom. The number of aromatic carboxylic acids is 1. The first-order chi connectivity index (χ1) is 10.1. The summed E-state index contributed by atoms with van der Waals surface area (Å²) >= 11 is 3.42. The Balaban J connectivity index is 1.88. The van der Waals surface area contributed by atoms with Crippen molar-refractivity contribution in [2.75, 3.05) is 0 Å². The van der Waals surface area contributed by atoms with Gasteiger partial charge in [0.15, 0.2) is 0 Å². The van der Waals surface area contributed by atoms with Gasteiger partial charge in [0, 0.05) is 11.5 Å². The van der Waals surface area contributed by atoms with Crippen LogP contribution in [0.1, 0.15) is 16.1 Å². The summed E-state index contributed by atoms with van der Waals surface area (Å²) in [6.45, 7) is 0.428. The number of fused-ring (bicyclic) bond motifs is 1. The third kappa shape index (κ3) is 2.92. The molecule has 5 heteroatoms. The monoisotopic (exact) mass is 346 g/mol. The normalized spacial score (nSPS) is 10.7. The number of halogens is 1. The van der Waals surface area contributed by atoms with Gasteiger partial charge in [-0.05, 0) is 33.6 Å². The van der Waals surface area contributed by atoms with Gasteiger partial charge in [-0.1, -0.05) is 30.3 Å². The third-order valence-electron chi connectivity index (χ3n) is 3.02. The summed E-state index contributed by atoms with van der Waals surface area (Å²) in [5, 5.41) is 9.65. The number of benzene rings is 2. The van der Waals surface area contributed by atoms with Crippen LogP contribution < -0.4 is 4.74 Å². The summed E-state index contributed by atoms with van der Waals surface area (Å²) in [5.41, 5.74) is 1.54. The third-order valence-corrected chi connectivity index (χ3v) is 3.64. The minimum atomic E-state index is -1.09. The summed E-state index contributed by atoms with van der Waals surface area (Å²) in [5.74, 6) is -0.566. The van der Waals surface area contributed by atoms with Crippen LogP contribution in [0.25, 0.3) is 11.0 Å². The second kappa shape index (κ2) is 5.61. The number of carboxylic acid groups (broad SMARTS) is 1. The van der Waals surface area contributed by atoms with E-state index >= 15 is 0 Å². The zero-order chi connectivity index (χ0) is 14.8. The van der Waals surface area contributed by atoms with E-state index in [1.807, 2.05) is 30.3 Å². The highest BCUT2D eigenvalue weighted by atomic mass is 79.9. The van der Waals surface area contributed by atoms with Crippen molar-refractivity contribution in [2.45, 2.75) is 6.61 Å². The van der Waals surface area contributed by atoms with Crippen LogP contribution in [0.4, 0.5) is 0 Å². The van der Waals surface area contributed by atoms with Crippen LogP contribution in [0.2, 0.25) is 0 Å². The number of carbonyl (C=O) groups is 1. The smallest absolute Gasteiger partial charge is 0.371 e. The van der Waals surface area contributed by atoms with Gasteiger partial charge in [0.25, 0.3) is 0 Å². The minimum Gasteiger partial charge on any atom is -0.488 e. The Bertz CT molecular complexity index is 793. The van der Waals surface area contributed by atoms with E-state index in [1.54, 1.807) is 12.1 Å². The van der Waals surface area contributed by atoms with E-state index in [0.29, 0.717) is 23.3 Å². The molecule has 0 aliphatic carbocycles. The second-order valence-electron chi connectivity index (χ2n) is 4.51. The van der Waals surface area contributed by atoms with Crippen LogP contribution in [-0.2, 0) is 6.61 Å². The van der Waals surface area contributed by atoms with Crippen LogP contribution in [0.5, 0.6) is 5.75 Å². The number of hydrogen-bond donors (Lipinski definition) is 1. The van der Waals surface area contributed by atoms with Gasteiger partial charge in [0.1, 0.15) is 17.9 Å². The lowest BCUT2D eigenvalue weighted by Crippen LogP contribution is -1.95. The molecule has 0 spiro atoms. The van der Waals surface area contributed by atoms with Crippen molar-refractivity contribution in [3.63, 3.8) is 0 Å². The fourth-order valence-corrected chi connectivity index (χ4v) is 2.47. The fourth-order valence-electron chi connectivity index (χ4n) is 1.99. The molecular formula is C16H11BrO4. The molecule has 0 fully saturated rings. The first-order valence-corrected chi connectivity index (χ1v) is 7.06. The van der Waals surface area contributed by atoms with E-state index in [1.165, 1.54) is 6.07 Å². The van der Waals surface area contributed by atoms with E-state index in [0.717, 1.165) is 10.0 Å². The van der Waals surface area contributed by atoms with Gasteiger partial charge in [-0.3, -0.25) is 0 Å². The minimum absolute atomic E-state index is 0.0860. The van der Waals surface area contributed by atoms with E-state index in [-0.39, 0.29) is 5.76 Å². The summed E-state index contributed by atoms with van der Waals surface area (Å²) < 4.78 is 11.8. The van der Waals surface area contributed by atoms with Crippen LogP contribution >= 0.6 is 15.9 Å². The average Bonchev–Trinajstić information content (AvgIpc) is 2.89. The van der Waals surface area contributed by atoms with E-state index in [9.17, 15) is 4.79 Å². The topological polar surface area (TPSA) is 59.7 Å². The summed E-state index contributed by atoms with van der Waals surface area (Å²) in [6.07, 6.45) is 0. The number of hydrogen-bond acceptors (Lipinski definition) is 3. The average molecular weight is 347 g/mol. The number of furan rings is 1. The second-order valence-corrected chi connectivity index (χ2v) is 5.36. The Labute approximate surface area is 129 Å². The van der Waals surface area contributed by atoms with Gasteiger partial charge in [-0.2, -0.15) is 0 Å². The molecule has 1 N–H and O–H groups in total. The van der Waals surface area contributed by atoms with Gasteiger partial charge in [-0.15, -0.1) is 0 Å². The molecule has 1 aromatic heterocycles. The lowest BCUT2D eigenvalue weighted by atomic mass is 10.2. The molecule has 106 valence electrons. The SMILES string of the molecule is O=C(O)c1cc2cc(Br)c(OCc3ccccc3)cc2o1. The molecule has 21 heavy (non-hydrogen) atoms. The molecule has 0 unspecified atom stereocenters. The molecule has 0 aliphatic rings. The van der Waals surface area contributed by atoms with Crippen molar-refractivity contribution in [3.8, 4) is 5.75 Å². The Morgan fingerprint density at radius 3 is 2.67 bits per heavy atom. The summed E-state index contributed by atoms with van der Waals surface area (Å²) in [6, 6.07) is 14.8. The van der Waals surface area contributed by atoms with Gasteiger partial charge in [0.05, 0.1) is 4.47 Å². The fraction of sp³-hybridized carbons (Fsp3) is 0.0625. The number of rotatable bonds is 4. The van der Waals surface area contributed by atoms with Crippen LogP contribution in [0.3, 0.4) is 0 Å². The zero-order valence-corrected chi connectivity index (χ0v) is 12.5. The summed E-state index contributed by atoms with van der Waals surface area (Å²) in [7, 11) is 0. The van der Waals surface area contributed by atoms with Gasteiger partial charge in [-0.25, -0.2) is 4.79 Å². The Hall–Kier alpha value is -2.27. The molecule has 0 aliphatic heterocycles. The first-order valence-electron chi connectivity index (χ1n) is 6.26. The predicted octanol–water partition coefficient (Wildman–Crippen LogP) is 4.47. The molecule has 1 heterocycles. The molecule has 4 nitrogen and oxygen atoms in total. The van der Waals surface area contributed by atoms with E-state index in [4.69, 9.17) is 14.3 Å². The largest absolute Gasteiger partial charge is 0.488 e. The summed E-state index contributed by atoms with van der Waals surface area (Å²) in [4.78, 5) is 10.9. The molecule has 0 bridgehead atoms. The number of carboxylic acids is 1. The van der Waals surface area contributed by atoms with Crippen molar-refractivity contribution in [1.29, 1.82) is 0 Å². The molecule has 2 aromatic carbocycles.